The first-order valence-electron chi connectivity index (χ1n) is 7.15. The molecule has 0 aromatic heterocycles. The smallest absolute Gasteiger partial charge is 0.232 e. The van der Waals surface area contributed by atoms with Crippen LogP contribution in [0.4, 0.5) is 18.9 Å². The zero-order chi connectivity index (χ0) is 15.5. The molecule has 0 saturated carbocycles. The summed E-state index contributed by atoms with van der Waals surface area (Å²) in [4.78, 5) is 12.5. The van der Waals surface area contributed by atoms with Gasteiger partial charge in [-0.2, -0.15) is 0 Å². The Labute approximate surface area is 121 Å². The average molecular weight is 300 g/mol. The van der Waals surface area contributed by atoms with Crippen molar-refractivity contribution in [1.29, 1.82) is 0 Å². The molecule has 21 heavy (non-hydrogen) atoms. The summed E-state index contributed by atoms with van der Waals surface area (Å²) in [5, 5.41) is 5.46. The number of piperidine rings is 1. The van der Waals surface area contributed by atoms with Crippen molar-refractivity contribution in [2.45, 2.75) is 32.6 Å². The van der Waals surface area contributed by atoms with Gasteiger partial charge in [0, 0.05) is 18.7 Å². The fourth-order valence-electron chi connectivity index (χ4n) is 2.87. The van der Waals surface area contributed by atoms with Gasteiger partial charge in [0.1, 0.15) is 11.5 Å². The number of nitrogens with one attached hydrogen (secondary N) is 2. The molecule has 0 bridgehead atoms. The molecule has 1 amide bonds. The van der Waals surface area contributed by atoms with Gasteiger partial charge in [0.15, 0.2) is 11.6 Å². The maximum absolute atomic E-state index is 13.6. The highest BCUT2D eigenvalue weighted by Crippen LogP contribution is 2.34. The molecule has 1 aromatic carbocycles. The summed E-state index contributed by atoms with van der Waals surface area (Å²) in [6.07, 6.45) is 2.94. The fourth-order valence-corrected chi connectivity index (χ4v) is 2.87. The molecule has 116 valence electrons. The van der Waals surface area contributed by atoms with Crippen LogP contribution < -0.4 is 10.6 Å². The number of hydrogen-bond donors (Lipinski definition) is 2. The molecule has 0 spiro atoms. The zero-order valence-corrected chi connectivity index (χ0v) is 11.9. The first-order valence-corrected chi connectivity index (χ1v) is 7.15. The van der Waals surface area contributed by atoms with Crippen molar-refractivity contribution in [2.24, 2.45) is 5.41 Å². The maximum Gasteiger partial charge on any atom is 0.232 e. The van der Waals surface area contributed by atoms with Crippen LogP contribution in [0.2, 0.25) is 0 Å². The first-order chi connectivity index (χ1) is 9.98. The molecule has 1 aliphatic rings. The van der Waals surface area contributed by atoms with Crippen LogP contribution in [-0.2, 0) is 4.79 Å². The lowest BCUT2D eigenvalue weighted by atomic mass is 9.76. The van der Waals surface area contributed by atoms with Gasteiger partial charge in [-0.05, 0) is 25.8 Å². The number of carbonyl (C=O) groups is 1. The highest BCUT2D eigenvalue weighted by molar-refractivity contribution is 5.95. The Morgan fingerprint density at radius 3 is 2.52 bits per heavy atom. The Morgan fingerprint density at radius 2 is 2.00 bits per heavy atom. The molecule has 1 heterocycles. The van der Waals surface area contributed by atoms with Crippen molar-refractivity contribution in [3.63, 3.8) is 0 Å². The van der Waals surface area contributed by atoms with E-state index in [0.717, 1.165) is 19.4 Å². The summed E-state index contributed by atoms with van der Waals surface area (Å²) >= 11 is 0. The molecule has 1 unspecified atom stereocenters. The SMILES string of the molecule is CCCC1(C(=O)Nc2c(F)cc(F)cc2F)CCCNC1. The van der Waals surface area contributed by atoms with Crippen LogP contribution >= 0.6 is 0 Å². The second-order valence-electron chi connectivity index (χ2n) is 5.51. The third-order valence-electron chi connectivity index (χ3n) is 3.93. The van der Waals surface area contributed by atoms with Crippen LogP contribution in [0.25, 0.3) is 0 Å². The van der Waals surface area contributed by atoms with Gasteiger partial charge >= 0.3 is 0 Å². The maximum atomic E-state index is 13.6. The Morgan fingerprint density at radius 1 is 1.33 bits per heavy atom. The molecule has 3 nitrogen and oxygen atoms in total. The number of anilines is 1. The molecule has 1 aliphatic heterocycles. The van der Waals surface area contributed by atoms with Crippen LogP contribution in [0.3, 0.4) is 0 Å². The van der Waals surface area contributed by atoms with E-state index in [1.807, 2.05) is 6.92 Å². The van der Waals surface area contributed by atoms with Crippen molar-refractivity contribution >= 4 is 11.6 Å². The molecule has 0 aliphatic carbocycles. The van der Waals surface area contributed by atoms with Gasteiger partial charge in [0.25, 0.3) is 0 Å². The van der Waals surface area contributed by atoms with Crippen molar-refractivity contribution in [1.82, 2.24) is 5.32 Å². The monoisotopic (exact) mass is 300 g/mol. The third kappa shape index (κ3) is 3.37. The molecule has 2 N–H and O–H groups in total. The van der Waals surface area contributed by atoms with Gasteiger partial charge in [0.05, 0.1) is 5.41 Å². The summed E-state index contributed by atoms with van der Waals surface area (Å²) in [5.41, 5.74) is -1.25. The molecular formula is C15H19F3N2O. The molecule has 1 atom stereocenters. The van der Waals surface area contributed by atoms with E-state index in [9.17, 15) is 18.0 Å². The second-order valence-corrected chi connectivity index (χ2v) is 5.51. The predicted molar refractivity (Wildman–Crippen MR) is 74.4 cm³/mol. The molecule has 1 aromatic rings. The van der Waals surface area contributed by atoms with E-state index in [2.05, 4.69) is 10.6 Å². The number of halogens is 3. The van der Waals surface area contributed by atoms with E-state index < -0.39 is 34.5 Å². The van der Waals surface area contributed by atoms with E-state index in [1.54, 1.807) is 0 Å². The van der Waals surface area contributed by atoms with E-state index in [0.29, 0.717) is 31.5 Å². The number of rotatable bonds is 4. The summed E-state index contributed by atoms with van der Waals surface area (Å²) in [6, 6.07) is 1.12. The molecule has 2 rings (SSSR count). The minimum absolute atomic E-state index is 0.416. The van der Waals surface area contributed by atoms with Crippen LogP contribution in [0, 0.1) is 22.9 Å². The largest absolute Gasteiger partial charge is 0.321 e. The molecular weight excluding hydrogens is 281 g/mol. The number of carbonyl (C=O) groups excluding carboxylic acids is 1. The fraction of sp³-hybridized carbons (Fsp3) is 0.533. The Hall–Kier alpha value is -1.56. The van der Waals surface area contributed by atoms with Crippen molar-refractivity contribution in [2.75, 3.05) is 18.4 Å². The standard InChI is InChI=1S/C15H19F3N2O/c1-2-4-15(5-3-6-19-9-15)14(21)20-13-11(17)7-10(16)8-12(13)18/h7-8,19H,2-6,9H2,1H3,(H,20,21). The minimum atomic E-state index is -1.10. The molecule has 1 saturated heterocycles. The topological polar surface area (TPSA) is 41.1 Å². The van der Waals surface area contributed by atoms with Crippen LogP contribution in [0.5, 0.6) is 0 Å². The minimum Gasteiger partial charge on any atom is -0.321 e. The van der Waals surface area contributed by atoms with Gasteiger partial charge in [-0.15, -0.1) is 0 Å². The Bertz CT molecular complexity index is 499. The summed E-state index contributed by atoms with van der Waals surface area (Å²) < 4.78 is 40.2. The average Bonchev–Trinajstić information content (AvgIpc) is 2.44. The summed E-state index contributed by atoms with van der Waals surface area (Å²) in [5.74, 6) is -3.63. The normalized spacial score (nSPS) is 22.1. The quantitative estimate of drug-likeness (QED) is 0.896. The highest BCUT2D eigenvalue weighted by Gasteiger charge is 2.39. The van der Waals surface area contributed by atoms with Gasteiger partial charge in [0.2, 0.25) is 5.91 Å². The van der Waals surface area contributed by atoms with Crippen molar-refractivity contribution in [3.8, 4) is 0 Å². The van der Waals surface area contributed by atoms with Crippen LogP contribution in [0.15, 0.2) is 12.1 Å². The molecule has 6 heteroatoms. The van der Waals surface area contributed by atoms with Gasteiger partial charge in [-0.3, -0.25) is 4.79 Å². The van der Waals surface area contributed by atoms with E-state index in [4.69, 9.17) is 0 Å². The zero-order valence-electron chi connectivity index (χ0n) is 11.9. The lowest BCUT2D eigenvalue weighted by Crippen LogP contribution is -2.48. The van der Waals surface area contributed by atoms with Crippen molar-refractivity contribution in [3.05, 3.63) is 29.6 Å². The van der Waals surface area contributed by atoms with Gasteiger partial charge < -0.3 is 10.6 Å². The number of hydrogen-bond acceptors (Lipinski definition) is 2. The van der Waals surface area contributed by atoms with Crippen LogP contribution in [0.1, 0.15) is 32.6 Å². The molecule has 0 radical (unpaired) electrons. The summed E-state index contributed by atoms with van der Waals surface area (Å²) in [6.45, 7) is 3.28. The highest BCUT2D eigenvalue weighted by atomic mass is 19.1. The summed E-state index contributed by atoms with van der Waals surface area (Å²) in [7, 11) is 0. The lowest BCUT2D eigenvalue weighted by molar-refractivity contribution is -0.127. The lowest BCUT2D eigenvalue weighted by Gasteiger charge is -2.36. The Balaban J connectivity index is 2.23. The van der Waals surface area contributed by atoms with Crippen LogP contribution in [-0.4, -0.2) is 19.0 Å². The number of benzene rings is 1. The van der Waals surface area contributed by atoms with E-state index >= 15 is 0 Å². The molecule has 1 fully saturated rings. The predicted octanol–water partition coefficient (Wildman–Crippen LogP) is 3.21. The second kappa shape index (κ2) is 6.47. The van der Waals surface area contributed by atoms with E-state index in [-0.39, 0.29) is 0 Å². The van der Waals surface area contributed by atoms with Gasteiger partial charge in [-0.1, -0.05) is 13.3 Å². The van der Waals surface area contributed by atoms with Gasteiger partial charge in [-0.25, -0.2) is 13.2 Å². The van der Waals surface area contributed by atoms with Crippen molar-refractivity contribution < 1.29 is 18.0 Å². The number of amides is 1. The van der Waals surface area contributed by atoms with E-state index in [1.165, 1.54) is 0 Å². The third-order valence-corrected chi connectivity index (χ3v) is 3.93. The first kappa shape index (κ1) is 15.8. The Kier molecular flexibility index (Phi) is 4.88.